The number of fused-ring (bicyclic) bond motifs is 1. The number of hydrogen-bond acceptors (Lipinski definition) is 4. The van der Waals surface area contributed by atoms with Crippen LogP contribution in [-0.4, -0.2) is 44.5 Å². The first kappa shape index (κ1) is 28.8. The Balaban J connectivity index is 0.000000334. The standard InChI is InChI=1S/C15H24N4.C12H17N.C2H2/c1-5-7-15(18-6-2)19-11-12-8-9-13(16-3)14(10-12)17-4;1-2-8-13-9-7-11-5-3-4-6-12(11)10-13;1-2/h5,7-10,16-17H,6,11H2,1-4H3,(H,18,19);3-6H,2,7-10H2,1H3;1-2H/b7-5-;;. The van der Waals surface area contributed by atoms with Crippen LogP contribution in [0, 0.1) is 12.8 Å². The molecule has 3 rings (SSSR count). The molecule has 0 bridgehead atoms. The van der Waals surface area contributed by atoms with Gasteiger partial charge in [-0.05, 0) is 68.1 Å². The van der Waals surface area contributed by atoms with E-state index >= 15 is 0 Å². The number of hydrogen-bond donors (Lipinski definition) is 3. The first-order chi connectivity index (χ1) is 16.6. The van der Waals surface area contributed by atoms with E-state index in [9.17, 15) is 0 Å². The minimum absolute atomic E-state index is 0.672. The molecule has 5 nitrogen and oxygen atoms in total. The first-order valence-corrected chi connectivity index (χ1v) is 12.2. The highest BCUT2D eigenvalue weighted by molar-refractivity contribution is 5.92. The van der Waals surface area contributed by atoms with Crippen LogP contribution in [0.15, 0.2) is 59.6 Å². The van der Waals surface area contributed by atoms with Gasteiger partial charge in [0.25, 0.3) is 0 Å². The highest BCUT2D eigenvalue weighted by Crippen LogP contribution is 2.22. The Hall–Kier alpha value is -3.23. The Labute approximate surface area is 207 Å². The molecular formula is C29H43N5. The van der Waals surface area contributed by atoms with Crippen LogP contribution >= 0.6 is 0 Å². The van der Waals surface area contributed by atoms with E-state index in [1.165, 1.54) is 37.1 Å². The predicted molar refractivity (Wildman–Crippen MR) is 151 cm³/mol. The number of terminal acetylenes is 1. The fourth-order valence-electron chi connectivity index (χ4n) is 3.86. The topological polar surface area (TPSA) is 51.7 Å². The highest BCUT2D eigenvalue weighted by Gasteiger charge is 2.13. The molecule has 0 aliphatic carbocycles. The summed E-state index contributed by atoms with van der Waals surface area (Å²) in [5, 5.41) is 9.58. The van der Waals surface area contributed by atoms with Gasteiger partial charge in [0.15, 0.2) is 0 Å². The fourth-order valence-corrected chi connectivity index (χ4v) is 3.86. The van der Waals surface area contributed by atoms with E-state index in [1.807, 2.05) is 33.2 Å². The summed E-state index contributed by atoms with van der Waals surface area (Å²) in [5.41, 5.74) is 6.45. The lowest BCUT2D eigenvalue weighted by Gasteiger charge is -2.28. The van der Waals surface area contributed by atoms with Crippen molar-refractivity contribution in [3.63, 3.8) is 0 Å². The second kappa shape index (κ2) is 17.3. The van der Waals surface area contributed by atoms with Gasteiger partial charge in [0.2, 0.25) is 0 Å². The molecule has 2 aromatic rings. The summed E-state index contributed by atoms with van der Waals surface area (Å²) in [7, 11) is 3.84. The number of allylic oxidation sites excluding steroid dienone is 1. The molecule has 34 heavy (non-hydrogen) atoms. The van der Waals surface area contributed by atoms with Crippen LogP contribution in [0.3, 0.4) is 0 Å². The van der Waals surface area contributed by atoms with Gasteiger partial charge in [-0.3, -0.25) is 9.89 Å². The summed E-state index contributed by atoms with van der Waals surface area (Å²) in [6.45, 7) is 11.5. The largest absolute Gasteiger partial charge is 0.386 e. The molecular weight excluding hydrogens is 418 g/mol. The van der Waals surface area contributed by atoms with Crippen molar-refractivity contribution in [1.29, 1.82) is 0 Å². The van der Waals surface area contributed by atoms with E-state index in [2.05, 4.69) is 95.0 Å². The Morgan fingerprint density at radius 2 is 1.74 bits per heavy atom. The zero-order chi connectivity index (χ0) is 25.2. The molecule has 0 amide bonds. The van der Waals surface area contributed by atoms with Crippen LogP contribution in [0.25, 0.3) is 0 Å². The van der Waals surface area contributed by atoms with Gasteiger partial charge in [-0.25, -0.2) is 0 Å². The maximum atomic E-state index is 4.57. The van der Waals surface area contributed by atoms with E-state index in [0.717, 1.165) is 30.3 Å². The molecule has 0 saturated heterocycles. The predicted octanol–water partition coefficient (Wildman–Crippen LogP) is 5.56. The lowest BCUT2D eigenvalue weighted by molar-refractivity contribution is 0.255. The third-order valence-corrected chi connectivity index (χ3v) is 5.49. The fraction of sp³-hybridized carbons (Fsp3) is 0.414. The number of aliphatic imine (C=N–C) groups is 1. The number of nitrogens with one attached hydrogen (secondary N) is 3. The number of anilines is 2. The summed E-state index contributed by atoms with van der Waals surface area (Å²) in [5.74, 6) is 0.925. The second-order valence-electron chi connectivity index (χ2n) is 7.91. The van der Waals surface area contributed by atoms with E-state index in [-0.39, 0.29) is 0 Å². The second-order valence-corrected chi connectivity index (χ2v) is 7.91. The van der Waals surface area contributed by atoms with Crippen LogP contribution in [0.1, 0.15) is 43.9 Å². The van der Waals surface area contributed by atoms with E-state index < -0.39 is 0 Å². The van der Waals surface area contributed by atoms with Crippen molar-refractivity contribution >= 4 is 17.2 Å². The molecule has 3 N–H and O–H groups in total. The SMILES string of the molecule is C#C.C/C=C\C(=NCc1ccc(NC)c(NC)c1)NCC.CCCN1CCc2ccccc2C1. The molecule has 5 heteroatoms. The van der Waals surface area contributed by atoms with Gasteiger partial charge in [-0.15, -0.1) is 12.8 Å². The van der Waals surface area contributed by atoms with Crippen molar-refractivity contribution in [3.05, 3.63) is 71.3 Å². The van der Waals surface area contributed by atoms with Crippen LogP contribution in [0.5, 0.6) is 0 Å². The van der Waals surface area contributed by atoms with Crippen molar-refractivity contribution in [1.82, 2.24) is 10.2 Å². The number of likely N-dealkylation sites (N-methyl/N-ethyl adjacent to an activating group) is 1. The monoisotopic (exact) mass is 461 g/mol. The summed E-state index contributed by atoms with van der Waals surface area (Å²) >= 11 is 0. The molecule has 0 spiro atoms. The molecule has 0 radical (unpaired) electrons. The number of amidine groups is 1. The van der Waals surface area contributed by atoms with Crippen molar-refractivity contribution in [2.45, 2.75) is 46.7 Å². The Morgan fingerprint density at radius 3 is 2.35 bits per heavy atom. The molecule has 0 aromatic heterocycles. The Bertz CT molecular complexity index is 914. The average Bonchev–Trinajstić information content (AvgIpc) is 2.89. The lowest BCUT2D eigenvalue weighted by atomic mass is 10.00. The highest BCUT2D eigenvalue weighted by atomic mass is 15.1. The van der Waals surface area contributed by atoms with Gasteiger partial charge in [0.05, 0.1) is 17.9 Å². The first-order valence-electron chi connectivity index (χ1n) is 12.2. The van der Waals surface area contributed by atoms with E-state index in [4.69, 9.17) is 0 Å². The van der Waals surface area contributed by atoms with Gasteiger partial charge >= 0.3 is 0 Å². The van der Waals surface area contributed by atoms with Crippen LogP contribution in [0.4, 0.5) is 11.4 Å². The minimum Gasteiger partial charge on any atom is -0.386 e. The van der Waals surface area contributed by atoms with E-state index in [1.54, 1.807) is 5.56 Å². The van der Waals surface area contributed by atoms with Gasteiger partial charge in [0.1, 0.15) is 5.84 Å². The van der Waals surface area contributed by atoms with Gasteiger partial charge in [-0.1, -0.05) is 43.3 Å². The molecule has 0 saturated carbocycles. The van der Waals surface area contributed by atoms with Crippen molar-refractivity contribution in [3.8, 4) is 12.8 Å². The maximum absolute atomic E-state index is 4.57. The quantitative estimate of drug-likeness (QED) is 0.274. The molecule has 0 unspecified atom stereocenters. The Kier molecular flexibility index (Phi) is 14.6. The van der Waals surface area contributed by atoms with Crippen molar-refractivity contribution in [2.24, 2.45) is 4.99 Å². The van der Waals surface area contributed by atoms with Crippen molar-refractivity contribution < 1.29 is 0 Å². The third kappa shape index (κ3) is 9.72. The number of benzene rings is 2. The summed E-state index contributed by atoms with van der Waals surface area (Å²) in [6, 6.07) is 15.1. The number of rotatable bonds is 8. The smallest absolute Gasteiger partial charge is 0.120 e. The Morgan fingerprint density at radius 1 is 1.03 bits per heavy atom. The molecule has 1 aliphatic rings. The molecule has 0 atom stereocenters. The van der Waals surface area contributed by atoms with E-state index in [0.29, 0.717) is 6.54 Å². The zero-order valence-electron chi connectivity index (χ0n) is 21.7. The molecule has 2 aromatic carbocycles. The molecule has 184 valence electrons. The van der Waals surface area contributed by atoms with Crippen LogP contribution in [0.2, 0.25) is 0 Å². The summed E-state index contributed by atoms with van der Waals surface area (Å²) < 4.78 is 0. The third-order valence-electron chi connectivity index (χ3n) is 5.49. The van der Waals surface area contributed by atoms with Gasteiger partial charge in [-0.2, -0.15) is 0 Å². The van der Waals surface area contributed by atoms with Gasteiger partial charge in [0, 0.05) is 33.7 Å². The average molecular weight is 462 g/mol. The van der Waals surface area contributed by atoms with Gasteiger partial charge < -0.3 is 16.0 Å². The minimum atomic E-state index is 0.672. The molecule has 1 aliphatic heterocycles. The zero-order valence-corrected chi connectivity index (χ0v) is 21.7. The summed E-state index contributed by atoms with van der Waals surface area (Å²) in [6.07, 6.45) is 14.5. The van der Waals surface area contributed by atoms with Crippen molar-refractivity contribution in [2.75, 3.05) is 44.4 Å². The lowest BCUT2D eigenvalue weighted by Crippen LogP contribution is -2.30. The van der Waals surface area contributed by atoms with Crippen LogP contribution < -0.4 is 16.0 Å². The normalized spacial score (nSPS) is 13.1. The molecule has 0 fully saturated rings. The maximum Gasteiger partial charge on any atom is 0.120 e. The number of nitrogens with zero attached hydrogens (tertiary/aromatic N) is 2. The molecule has 1 heterocycles. The van der Waals surface area contributed by atoms with Crippen LogP contribution in [-0.2, 0) is 19.5 Å². The summed E-state index contributed by atoms with van der Waals surface area (Å²) in [4.78, 5) is 7.12.